The van der Waals surface area contributed by atoms with Crippen molar-refractivity contribution >= 4 is 5.91 Å². The molecule has 1 aliphatic carbocycles. The van der Waals surface area contributed by atoms with E-state index in [1.165, 1.54) is 25.0 Å². The van der Waals surface area contributed by atoms with E-state index in [0.717, 1.165) is 57.2 Å². The molecule has 1 saturated heterocycles. The number of hydrogen-bond acceptors (Lipinski definition) is 3. The van der Waals surface area contributed by atoms with E-state index in [2.05, 4.69) is 10.2 Å². The average molecular weight is 319 g/mol. The Labute approximate surface area is 137 Å². The van der Waals surface area contributed by atoms with E-state index in [-0.39, 0.29) is 11.7 Å². The lowest BCUT2D eigenvalue weighted by molar-refractivity contribution is -0.130. The molecule has 0 aromatic heterocycles. The minimum absolute atomic E-state index is 0.194. The molecule has 126 valence electrons. The molecular formula is C18H26FN3O. The zero-order valence-electron chi connectivity index (χ0n) is 13.6. The maximum atomic E-state index is 13.0. The van der Waals surface area contributed by atoms with Gasteiger partial charge in [-0.3, -0.25) is 9.69 Å². The van der Waals surface area contributed by atoms with Crippen LogP contribution in [0, 0.1) is 11.7 Å². The summed E-state index contributed by atoms with van der Waals surface area (Å²) in [5, 5.41) is 3.28. The number of carbonyl (C=O) groups is 1. The van der Waals surface area contributed by atoms with Crippen molar-refractivity contribution in [1.82, 2.24) is 15.1 Å². The monoisotopic (exact) mass is 319 g/mol. The molecule has 1 saturated carbocycles. The first-order valence-corrected chi connectivity index (χ1v) is 8.66. The van der Waals surface area contributed by atoms with E-state index < -0.39 is 0 Å². The van der Waals surface area contributed by atoms with Crippen LogP contribution in [0.15, 0.2) is 24.3 Å². The molecular weight excluding hydrogens is 293 g/mol. The summed E-state index contributed by atoms with van der Waals surface area (Å²) in [6, 6.07) is 6.69. The summed E-state index contributed by atoms with van der Waals surface area (Å²) < 4.78 is 13.0. The SMILES string of the molecule is O=C(CNCC1CC1)N1CCCN(Cc2ccc(F)cc2)CC1. The van der Waals surface area contributed by atoms with Gasteiger partial charge in [0, 0.05) is 32.7 Å². The number of benzene rings is 1. The Hall–Kier alpha value is -1.46. The van der Waals surface area contributed by atoms with Gasteiger partial charge in [0.25, 0.3) is 0 Å². The van der Waals surface area contributed by atoms with Crippen molar-refractivity contribution < 1.29 is 9.18 Å². The van der Waals surface area contributed by atoms with Crippen LogP contribution >= 0.6 is 0 Å². The van der Waals surface area contributed by atoms with Gasteiger partial charge in [0.2, 0.25) is 5.91 Å². The van der Waals surface area contributed by atoms with Crippen LogP contribution in [0.25, 0.3) is 0 Å². The molecule has 5 heteroatoms. The second kappa shape index (κ2) is 7.88. The molecule has 2 fully saturated rings. The Morgan fingerprint density at radius 3 is 2.65 bits per heavy atom. The van der Waals surface area contributed by atoms with Gasteiger partial charge in [-0.2, -0.15) is 0 Å². The van der Waals surface area contributed by atoms with Crippen LogP contribution in [0.1, 0.15) is 24.8 Å². The lowest BCUT2D eigenvalue weighted by atomic mass is 10.2. The number of nitrogens with zero attached hydrogens (tertiary/aromatic N) is 2. The lowest BCUT2D eigenvalue weighted by Gasteiger charge is -2.22. The van der Waals surface area contributed by atoms with Crippen LogP contribution in [0.5, 0.6) is 0 Å². The number of carbonyl (C=O) groups excluding carboxylic acids is 1. The molecule has 1 amide bonds. The van der Waals surface area contributed by atoms with Gasteiger partial charge in [-0.1, -0.05) is 12.1 Å². The molecule has 4 nitrogen and oxygen atoms in total. The molecule has 1 heterocycles. The number of rotatable bonds is 6. The molecule has 0 atom stereocenters. The standard InChI is InChI=1S/C18H26FN3O/c19-17-6-4-16(5-7-17)14-21-8-1-9-22(11-10-21)18(23)13-20-12-15-2-3-15/h4-7,15,20H,1-3,8-14H2. The summed E-state index contributed by atoms with van der Waals surface area (Å²) in [5.41, 5.74) is 1.12. The summed E-state index contributed by atoms with van der Waals surface area (Å²) in [6.07, 6.45) is 3.61. The van der Waals surface area contributed by atoms with Crippen molar-refractivity contribution in [2.75, 3.05) is 39.3 Å². The molecule has 1 aromatic rings. The fourth-order valence-corrected chi connectivity index (χ4v) is 3.04. The molecule has 23 heavy (non-hydrogen) atoms. The quantitative estimate of drug-likeness (QED) is 0.869. The smallest absolute Gasteiger partial charge is 0.236 e. The van der Waals surface area contributed by atoms with E-state index in [9.17, 15) is 9.18 Å². The number of halogens is 1. The fourth-order valence-electron chi connectivity index (χ4n) is 3.04. The summed E-state index contributed by atoms with van der Waals surface area (Å²) in [7, 11) is 0. The van der Waals surface area contributed by atoms with E-state index >= 15 is 0 Å². The van der Waals surface area contributed by atoms with Crippen molar-refractivity contribution in [2.45, 2.75) is 25.8 Å². The minimum Gasteiger partial charge on any atom is -0.340 e. The Kier molecular flexibility index (Phi) is 5.62. The Morgan fingerprint density at radius 2 is 1.91 bits per heavy atom. The van der Waals surface area contributed by atoms with E-state index in [1.807, 2.05) is 17.0 Å². The predicted octanol–water partition coefficient (Wildman–Crippen LogP) is 1.86. The highest BCUT2D eigenvalue weighted by atomic mass is 19.1. The van der Waals surface area contributed by atoms with Crippen LogP contribution in [0.2, 0.25) is 0 Å². The van der Waals surface area contributed by atoms with E-state index in [0.29, 0.717) is 6.54 Å². The van der Waals surface area contributed by atoms with Gasteiger partial charge in [0.05, 0.1) is 6.54 Å². The van der Waals surface area contributed by atoms with Crippen LogP contribution < -0.4 is 5.32 Å². The second-order valence-corrected chi connectivity index (χ2v) is 6.71. The van der Waals surface area contributed by atoms with E-state index in [1.54, 1.807) is 0 Å². The average Bonchev–Trinajstić information content (AvgIpc) is 3.37. The third-order valence-corrected chi connectivity index (χ3v) is 4.67. The number of amides is 1. The molecule has 1 aromatic carbocycles. The lowest BCUT2D eigenvalue weighted by Crippen LogP contribution is -2.40. The predicted molar refractivity (Wildman–Crippen MR) is 88.5 cm³/mol. The zero-order chi connectivity index (χ0) is 16.1. The Balaban J connectivity index is 1.42. The van der Waals surface area contributed by atoms with Crippen LogP contribution in [-0.2, 0) is 11.3 Å². The molecule has 1 N–H and O–H groups in total. The number of hydrogen-bond donors (Lipinski definition) is 1. The summed E-state index contributed by atoms with van der Waals surface area (Å²) in [5.74, 6) is 0.826. The molecule has 0 radical (unpaired) electrons. The van der Waals surface area contributed by atoms with Crippen molar-refractivity contribution in [3.63, 3.8) is 0 Å². The van der Waals surface area contributed by atoms with Gasteiger partial charge in [0.15, 0.2) is 0 Å². The molecule has 1 aliphatic heterocycles. The minimum atomic E-state index is -0.194. The Morgan fingerprint density at radius 1 is 1.13 bits per heavy atom. The first-order chi connectivity index (χ1) is 11.2. The molecule has 0 unspecified atom stereocenters. The highest BCUT2D eigenvalue weighted by Gasteiger charge is 2.22. The third-order valence-electron chi connectivity index (χ3n) is 4.67. The van der Waals surface area contributed by atoms with E-state index in [4.69, 9.17) is 0 Å². The third kappa shape index (κ3) is 5.29. The van der Waals surface area contributed by atoms with Crippen molar-refractivity contribution in [3.05, 3.63) is 35.6 Å². The summed E-state index contributed by atoms with van der Waals surface area (Å²) in [4.78, 5) is 16.6. The van der Waals surface area contributed by atoms with Gasteiger partial charge in [-0.25, -0.2) is 4.39 Å². The van der Waals surface area contributed by atoms with Gasteiger partial charge in [-0.05, 0) is 49.4 Å². The molecule has 0 spiro atoms. The van der Waals surface area contributed by atoms with Gasteiger partial charge >= 0.3 is 0 Å². The maximum absolute atomic E-state index is 13.0. The Bertz CT molecular complexity index is 516. The van der Waals surface area contributed by atoms with Crippen LogP contribution in [0.4, 0.5) is 4.39 Å². The molecule has 0 bridgehead atoms. The molecule has 3 rings (SSSR count). The fraction of sp³-hybridized carbons (Fsp3) is 0.611. The van der Waals surface area contributed by atoms with Crippen molar-refractivity contribution in [3.8, 4) is 0 Å². The van der Waals surface area contributed by atoms with Gasteiger partial charge in [-0.15, -0.1) is 0 Å². The van der Waals surface area contributed by atoms with Crippen molar-refractivity contribution in [2.24, 2.45) is 5.92 Å². The maximum Gasteiger partial charge on any atom is 0.236 e. The number of nitrogens with one attached hydrogen (secondary N) is 1. The highest BCUT2D eigenvalue weighted by molar-refractivity contribution is 5.78. The molecule has 2 aliphatic rings. The summed E-state index contributed by atoms with van der Waals surface area (Å²) in [6.45, 7) is 5.75. The van der Waals surface area contributed by atoms with Gasteiger partial charge in [0.1, 0.15) is 5.82 Å². The highest BCUT2D eigenvalue weighted by Crippen LogP contribution is 2.27. The summed E-state index contributed by atoms with van der Waals surface area (Å²) >= 11 is 0. The normalized spacial score (nSPS) is 19.6. The van der Waals surface area contributed by atoms with Crippen molar-refractivity contribution in [1.29, 1.82) is 0 Å². The largest absolute Gasteiger partial charge is 0.340 e. The first-order valence-electron chi connectivity index (χ1n) is 8.66. The van der Waals surface area contributed by atoms with Crippen LogP contribution in [-0.4, -0.2) is 55.0 Å². The van der Waals surface area contributed by atoms with Gasteiger partial charge < -0.3 is 10.2 Å². The topological polar surface area (TPSA) is 35.6 Å². The zero-order valence-corrected chi connectivity index (χ0v) is 13.6. The second-order valence-electron chi connectivity index (χ2n) is 6.71. The van der Waals surface area contributed by atoms with Crippen LogP contribution in [0.3, 0.4) is 0 Å². The first kappa shape index (κ1) is 16.4.